The van der Waals surface area contributed by atoms with E-state index in [0.717, 1.165) is 16.5 Å². The van der Waals surface area contributed by atoms with Crippen molar-refractivity contribution >= 4 is 37.5 Å². The van der Waals surface area contributed by atoms with E-state index < -0.39 is 0 Å². The van der Waals surface area contributed by atoms with Gasteiger partial charge in [-0.3, -0.25) is 0 Å². The van der Waals surface area contributed by atoms with Gasteiger partial charge in [0.15, 0.2) is 0 Å². The van der Waals surface area contributed by atoms with Crippen molar-refractivity contribution in [3.05, 3.63) is 27.7 Å². The Morgan fingerprint density at radius 2 is 2.24 bits per heavy atom. The van der Waals surface area contributed by atoms with Crippen LogP contribution in [0.2, 0.25) is 0 Å². The minimum absolute atomic E-state index is 0.466. The standard InChI is InChI=1S/C13H15BrN2S/c14-9-5-6-12-11(8-9)16-13(17-12)10-4-2-1-3-7-15-10/h5-6,8,10,15H,1-4,7H2. The van der Waals surface area contributed by atoms with Crippen LogP contribution in [0.1, 0.15) is 36.7 Å². The van der Waals surface area contributed by atoms with Gasteiger partial charge in [0.2, 0.25) is 0 Å². The Hall–Kier alpha value is -0.450. The van der Waals surface area contributed by atoms with Gasteiger partial charge < -0.3 is 5.32 Å². The SMILES string of the molecule is Brc1ccc2sc(C3CCCCCN3)nc2c1. The lowest BCUT2D eigenvalue weighted by Crippen LogP contribution is -2.19. The highest BCUT2D eigenvalue weighted by molar-refractivity contribution is 9.10. The third-order valence-corrected chi connectivity index (χ3v) is 4.87. The van der Waals surface area contributed by atoms with E-state index in [9.17, 15) is 0 Å². The molecule has 17 heavy (non-hydrogen) atoms. The van der Waals surface area contributed by atoms with Crippen molar-refractivity contribution in [2.45, 2.75) is 31.7 Å². The fraction of sp³-hybridized carbons (Fsp3) is 0.462. The zero-order valence-corrected chi connectivity index (χ0v) is 12.0. The van der Waals surface area contributed by atoms with Crippen LogP contribution in [-0.2, 0) is 0 Å². The van der Waals surface area contributed by atoms with Crippen LogP contribution in [0.3, 0.4) is 0 Å². The summed E-state index contributed by atoms with van der Waals surface area (Å²) in [5.41, 5.74) is 1.12. The summed E-state index contributed by atoms with van der Waals surface area (Å²) in [4.78, 5) is 4.76. The maximum atomic E-state index is 4.76. The van der Waals surface area contributed by atoms with E-state index in [1.807, 2.05) is 11.3 Å². The summed E-state index contributed by atoms with van der Waals surface area (Å²) in [6.45, 7) is 1.13. The van der Waals surface area contributed by atoms with Gasteiger partial charge in [-0.15, -0.1) is 11.3 Å². The molecule has 0 spiro atoms. The quantitative estimate of drug-likeness (QED) is 0.851. The second-order valence-corrected chi connectivity index (χ2v) is 6.50. The Kier molecular flexibility index (Phi) is 3.45. The Balaban J connectivity index is 1.93. The van der Waals surface area contributed by atoms with Gasteiger partial charge in [0, 0.05) is 4.47 Å². The third-order valence-electron chi connectivity index (χ3n) is 3.22. The molecule has 0 amide bonds. The van der Waals surface area contributed by atoms with Crippen LogP contribution in [0.25, 0.3) is 10.2 Å². The summed E-state index contributed by atoms with van der Waals surface area (Å²) in [7, 11) is 0. The molecular weight excluding hydrogens is 296 g/mol. The first kappa shape index (κ1) is 11.6. The number of thiazole rings is 1. The van der Waals surface area contributed by atoms with Crippen molar-refractivity contribution in [2.75, 3.05) is 6.54 Å². The molecule has 0 radical (unpaired) electrons. The monoisotopic (exact) mass is 310 g/mol. The van der Waals surface area contributed by atoms with E-state index in [0.29, 0.717) is 6.04 Å². The highest BCUT2D eigenvalue weighted by Gasteiger charge is 2.17. The third kappa shape index (κ3) is 2.54. The Bertz CT molecular complexity index is 515. The minimum atomic E-state index is 0.466. The highest BCUT2D eigenvalue weighted by Crippen LogP contribution is 2.31. The molecule has 3 rings (SSSR count). The highest BCUT2D eigenvalue weighted by atomic mass is 79.9. The lowest BCUT2D eigenvalue weighted by atomic mass is 10.1. The molecule has 0 bridgehead atoms. The lowest BCUT2D eigenvalue weighted by Gasteiger charge is -2.11. The number of rotatable bonds is 1. The fourth-order valence-electron chi connectivity index (χ4n) is 2.31. The van der Waals surface area contributed by atoms with Gasteiger partial charge in [-0.2, -0.15) is 0 Å². The number of nitrogens with zero attached hydrogens (tertiary/aromatic N) is 1. The van der Waals surface area contributed by atoms with E-state index in [4.69, 9.17) is 4.98 Å². The van der Waals surface area contributed by atoms with Gasteiger partial charge in [-0.1, -0.05) is 28.8 Å². The molecule has 90 valence electrons. The predicted molar refractivity (Wildman–Crippen MR) is 76.5 cm³/mol. The summed E-state index contributed by atoms with van der Waals surface area (Å²) in [5.74, 6) is 0. The van der Waals surface area contributed by atoms with Gasteiger partial charge in [-0.25, -0.2) is 4.98 Å². The number of hydrogen-bond donors (Lipinski definition) is 1. The molecule has 2 nitrogen and oxygen atoms in total. The fourth-order valence-corrected chi connectivity index (χ4v) is 3.71. The van der Waals surface area contributed by atoms with Crippen molar-refractivity contribution in [1.29, 1.82) is 0 Å². The number of fused-ring (bicyclic) bond motifs is 1. The molecule has 1 saturated heterocycles. The number of hydrogen-bond acceptors (Lipinski definition) is 3. The molecule has 1 aromatic carbocycles. The molecule has 2 heterocycles. The van der Waals surface area contributed by atoms with Gasteiger partial charge in [-0.05, 0) is 37.6 Å². The molecule has 1 unspecified atom stereocenters. The van der Waals surface area contributed by atoms with Crippen molar-refractivity contribution in [3.8, 4) is 0 Å². The van der Waals surface area contributed by atoms with Gasteiger partial charge in [0.1, 0.15) is 5.01 Å². The Labute approximate surface area is 114 Å². The summed E-state index contributed by atoms with van der Waals surface area (Å²) >= 11 is 5.33. The molecule has 0 saturated carbocycles. The molecule has 1 aliphatic heterocycles. The van der Waals surface area contributed by atoms with Crippen LogP contribution in [-0.4, -0.2) is 11.5 Å². The van der Waals surface area contributed by atoms with Crippen molar-refractivity contribution in [2.24, 2.45) is 0 Å². The molecule has 0 aliphatic carbocycles. The zero-order chi connectivity index (χ0) is 11.7. The minimum Gasteiger partial charge on any atom is -0.308 e. The van der Waals surface area contributed by atoms with Crippen LogP contribution in [0.5, 0.6) is 0 Å². The van der Waals surface area contributed by atoms with E-state index in [-0.39, 0.29) is 0 Å². The maximum Gasteiger partial charge on any atom is 0.111 e. The van der Waals surface area contributed by atoms with Gasteiger partial charge >= 0.3 is 0 Å². The number of halogens is 1. The predicted octanol–water partition coefficient (Wildman–Crippen LogP) is 4.26. The average molecular weight is 311 g/mol. The summed E-state index contributed by atoms with van der Waals surface area (Å²) in [5, 5.41) is 4.86. The largest absolute Gasteiger partial charge is 0.308 e. The van der Waals surface area contributed by atoms with E-state index in [1.54, 1.807) is 0 Å². The molecular formula is C13H15BrN2S. The number of benzene rings is 1. The molecule has 1 atom stereocenters. The molecule has 2 aromatic rings. The van der Waals surface area contributed by atoms with Crippen LogP contribution < -0.4 is 5.32 Å². The average Bonchev–Trinajstić information content (AvgIpc) is 2.57. The first-order chi connectivity index (χ1) is 8.33. The van der Waals surface area contributed by atoms with Crippen LogP contribution in [0, 0.1) is 0 Å². The van der Waals surface area contributed by atoms with Crippen molar-refractivity contribution in [3.63, 3.8) is 0 Å². The summed E-state index contributed by atoms with van der Waals surface area (Å²) < 4.78 is 2.39. The maximum absolute atomic E-state index is 4.76. The van der Waals surface area contributed by atoms with E-state index in [2.05, 4.69) is 39.4 Å². The number of nitrogens with one attached hydrogen (secondary N) is 1. The van der Waals surface area contributed by atoms with Gasteiger partial charge in [0.05, 0.1) is 16.3 Å². The van der Waals surface area contributed by atoms with Crippen molar-refractivity contribution in [1.82, 2.24) is 10.3 Å². The van der Waals surface area contributed by atoms with Crippen LogP contribution in [0.15, 0.2) is 22.7 Å². The summed E-state index contributed by atoms with van der Waals surface area (Å²) in [6, 6.07) is 6.81. The second kappa shape index (κ2) is 5.04. The van der Waals surface area contributed by atoms with E-state index >= 15 is 0 Å². The molecule has 1 N–H and O–H groups in total. The smallest absolute Gasteiger partial charge is 0.111 e. The van der Waals surface area contributed by atoms with Crippen LogP contribution >= 0.6 is 27.3 Å². The van der Waals surface area contributed by atoms with Crippen LogP contribution in [0.4, 0.5) is 0 Å². The zero-order valence-electron chi connectivity index (χ0n) is 9.58. The van der Waals surface area contributed by atoms with Gasteiger partial charge in [0.25, 0.3) is 0 Å². The summed E-state index contributed by atoms with van der Waals surface area (Å²) in [6.07, 6.45) is 5.19. The van der Waals surface area contributed by atoms with Crippen molar-refractivity contribution < 1.29 is 0 Å². The second-order valence-electron chi connectivity index (χ2n) is 4.52. The normalized spacial score (nSPS) is 21.6. The molecule has 1 aromatic heterocycles. The molecule has 4 heteroatoms. The first-order valence-corrected chi connectivity index (χ1v) is 7.73. The topological polar surface area (TPSA) is 24.9 Å². The number of aromatic nitrogens is 1. The molecule has 1 aliphatic rings. The van der Waals surface area contributed by atoms with E-state index in [1.165, 1.54) is 35.4 Å². The molecule has 1 fully saturated rings. The Morgan fingerprint density at radius 1 is 1.29 bits per heavy atom. The lowest BCUT2D eigenvalue weighted by molar-refractivity contribution is 0.533. The Morgan fingerprint density at radius 3 is 3.18 bits per heavy atom. The first-order valence-electron chi connectivity index (χ1n) is 6.12.